The number of hydrogen-bond donors (Lipinski definition) is 2. The highest BCUT2D eigenvalue weighted by atomic mass is 16.2. The van der Waals surface area contributed by atoms with Gasteiger partial charge in [-0.2, -0.15) is 4.98 Å². The van der Waals surface area contributed by atoms with Crippen LogP contribution in [0.3, 0.4) is 0 Å². The predicted molar refractivity (Wildman–Crippen MR) is 84.7 cm³/mol. The molecule has 5 nitrogen and oxygen atoms in total. The molecule has 0 unspecified atom stereocenters. The number of nitrogens with one attached hydrogen (secondary N) is 2. The van der Waals surface area contributed by atoms with Crippen LogP contribution in [0.2, 0.25) is 0 Å². The fraction of sp³-hybridized carbons (Fsp3) is 0.118. The third kappa shape index (κ3) is 2.88. The molecule has 1 heterocycles. The molecule has 0 aliphatic heterocycles. The van der Waals surface area contributed by atoms with Crippen molar-refractivity contribution >= 4 is 16.8 Å². The predicted octanol–water partition coefficient (Wildman–Crippen LogP) is 2.16. The number of aryl methyl sites for hydroxylation is 1. The molecule has 0 atom stereocenters. The Hall–Kier alpha value is -2.95. The monoisotopic (exact) mass is 293 g/mol. The van der Waals surface area contributed by atoms with E-state index in [0.717, 1.165) is 11.1 Å². The van der Waals surface area contributed by atoms with E-state index in [1.165, 1.54) is 0 Å². The number of H-pyrrole nitrogens is 1. The first kappa shape index (κ1) is 14.0. The number of rotatable bonds is 3. The number of carbonyl (C=O) groups excluding carboxylic acids is 1. The van der Waals surface area contributed by atoms with Gasteiger partial charge in [0.2, 0.25) is 0 Å². The van der Waals surface area contributed by atoms with Crippen LogP contribution in [-0.4, -0.2) is 15.9 Å². The van der Waals surface area contributed by atoms with Crippen molar-refractivity contribution in [1.29, 1.82) is 0 Å². The lowest BCUT2D eigenvalue weighted by Gasteiger charge is -2.07. The lowest BCUT2D eigenvalue weighted by Crippen LogP contribution is -2.27. The Kier molecular flexibility index (Phi) is 3.70. The molecule has 0 radical (unpaired) electrons. The van der Waals surface area contributed by atoms with Crippen molar-refractivity contribution in [2.24, 2.45) is 0 Å². The van der Waals surface area contributed by atoms with Gasteiger partial charge >= 0.3 is 5.69 Å². The summed E-state index contributed by atoms with van der Waals surface area (Å²) in [6.07, 6.45) is 0. The maximum atomic E-state index is 12.3. The Balaban J connectivity index is 1.86. The number of carbonyl (C=O) groups is 1. The number of aromatic amines is 1. The molecule has 3 aromatic rings. The van der Waals surface area contributed by atoms with Gasteiger partial charge in [0, 0.05) is 11.9 Å². The second-order valence-corrected chi connectivity index (χ2v) is 5.10. The minimum atomic E-state index is -0.529. The maximum absolute atomic E-state index is 12.3. The van der Waals surface area contributed by atoms with Crippen molar-refractivity contribution in [3.8, 4) is 0 Å². The van der Waals surface area contributed by atoms with Crippen molar-refractivity contribution in [3.63, 3.8) is 0 Å². The lowest BCUT2D eigenvalue weighted by atomic mass is 10.1. The van der Waals surface area contributed by atoms with E-state index in [1.54, 1.807) is 24.3 Å². The van der Waals surface area contributed by atoms with Crippen LogP contribution in [0.15, 0.2) is 53.3 Å². The molecule has 110 valence electrons. The van der Waals surface area contributed by atoms with Gasteiger partial charge in [-0.1, -0.05) is 48.0 Å². The molecule has 0 saturated heterocycles. The Morgan fingerprint density at radius 1 is 1.14 bits per heavy atom. The van der Waals surface area contributed by atoms with Crippen LogP contribution >= 0.6 is 0 Å². The fourth-order valence-corrected chi connectivity index (χ4v) is 2.25. The molecule has 2 N–H and O–H groups in total. The van der Waals surface area contributed by atoms with Crippen molar-refractivity contribution in [1.82, 2.24) is 15.3 Å². The third-order valence-corrected chi connectivity index (χ3v) is 3.43. The molecular weight excluding hydrogens is 278 g/mol. The quantitative estimate of drug-likeness (QED) is 0.777. The Labute approximate surface area is 127 Å². The largest absolute Gasteiger partial charge is 0.347 e. The van der Waals surface area contributed by atoms with Gasteiger partial charge in [0.25, 0.3) is 5.91 Å². The molecule has 0 aliphatic rings. The molecule has 2 aromatic carbocycles. The van der Waals surface area contributed by atoms with Crippen molar-refractivity contribution in [3.05, 3.63) is 75.8 Å². The van der Waals surface area contributed by atoms with Crippen molar-refractivity contribution in [2.75, 3.05) is 0 Å². The summed E-state index contributed by atoms with van der Waals surface area (Å²) in [6, 6.07) is 15.0. The van der Waals surface area contributed by atoms with Crippen molar-refractivity contribution in [2.45, 2.75) is 13.5 Å². The molecular formula is C17H15N3O2. The zero-order valence-electron chi connectivity index (χ0n) is 12.1. The van der Waals surface area contributed by atoms with Crippen LogP contribution in [-0.2, 0) is 6.54 Å². The summed E-state index contributed by atoms with van der Waals surface area (Å²) in [4.78, 5) is 30.3. The van der Waals surface area contributed by atoms with Crippen LogP contribution in [0.1, 0.15) is 21.6 Å². The number of fused-ring (bicyclic) bond motifs is 1. The molecule has 0 saturated carbocycles. The number of amides is 1. The van der Waals surface area contributed by atoms with Crippen LogP contribution in [0.4, 0.5) is 0 Å². The highest BCUT2D eigenvalue weighted by molar-refractivity contribution is 6.04. The standard InChI is InChI=1S/C17H15N3O2/c1-11-6-8-12(9-7-11)10-18-16(21)15-13-4-2-3-5-14(13)19-17(22)20-15/h2-9H,10H2,1H3,(H,18,21)(H,19,20,22). The first-order valence-electron chi connectivity index (χ1n) is 6.96. The summed E-state index contributed by atoms with van der Waals surface area (Å²) in [5, 5.41) is 3.43. The third-order valence-electron chi connectivity index (χ3n) is 3.43. The summed E-state index contributed by atoms with van der Waals surface area (Å²) < 4.78 is 0. The number of benzene rings is 2. The first-order chi connectivity index (χ1) is 10.6. The molecule has 0 bridgehead atoms. The summed E-state index contributed by atoms with van der Waals surface area (Å²) in [6.45, 7) is 2.40. The molecule has 3 rings (SSSR count). The average molecular weight is 293 g/mol. The topological polar surface area (TPSA) is 74.8 Å². The number of nitrogens with zero attached hydrogens (tertiary/aromatic N) is 1. The Morgan fingerprint density at radius 3 is 2.64 bits per heavy atom. The summed E-state index contributed by atoms with van der Waals surface area (Å²) in [5.74, 6) is -0.358. The zero-order chi connectivity index (χ0) is 15.5. The smallest absolute Gasteiger partial charge is 0.346 e. The number of hydrogen-bond acceptors (Lipinski definition) is 3. The maximum Gasteiger partial charge on any atom is 0.346 e. The van der Waals surface area contributed by atoms with E-state index in [0.29, 0.717) is 17.4 Å². The number of para-hydroxylation sites is 1. The molecule has 1 amide bonds. The fourth-order valence-electron chi connectivity index (χ4n) is 2.25. The van der Waals surface area contributed by atoms with Gasteiger partial charge in [0.15, 0.2) is 0 Å². The highest BCUT2D eigenvalue weighted by Gasteiger charge is 2.12. The van der Waals surface area contributed by atoms with Gasteiger partial charge in [-0.25, -0.2) is 4.79 Å². The molecule has 0 spiro atoms. The average Bonchev–Trinajstić information content (AvgIpc) is 2.53. The summed E-state index contributed by atoms with van der Waals surface area (Å²) in [5.41, 5.74) is 2.37. The van der Waals surface area contributed by atoms with Gasteiger partial charge in [0.1, 0.15) is 5.69 Å². The van der Waals surface area contributed by atoms with E-state index in [1.807, 2.05) is 31.2 Å². The van der Waals surface area contributed by atoms with E-state index in [4.69, 9.17) is 0 Å². The van der Waals surface area contributed by atoms with Crippen LogP contribution < -0.4 is 11.0 Å². The Bertz CT molecular complexity index is 882. The van der Waals surface area contributed by atoms with Gasteiger partial charge in [-0.05, 0) is 18.6 Å². The molecule has 22 heavy (non-hydrogen) atoms. The number of aromatic nitrogens is 2. The summed E-state index contributed by atoms with van der Waals surface area (Å²) in [7, 11) is 0. The second kappa shape index (κ2) is 5.81. The van der Waals surface area contributed by atoms with E-state index >= 15 is 0 Å². The normalized spacial score (nSPS) is 10.6. The SMILES string of the molecule is Cc1ccc(CNC(=O)c2nc(=O)[nH]c3ccccc23)cc1. The first-order valence-corrected chi connectivity index (χ1v) is 6.96. The van der Waals surface area contributed by atoms with Crippen LogP contribution in [0.25, 0.3) is 10.9 Å². The second-order valence-electron chi connectivity index (χ2n) is 5.10. The van der Waals surface area contributed by atoms with Gasteiger partial charge in [0.05, 0.1) is 5.52 Å². The van der Waals surface area contributed by atoms with Gasteiger partial charge in [-0.3, -0.25) is 4.79 Å². The van der Waals surface area contributed by atoms with Gasteiger partial charge in [-0.15, -0.1) is 0 Å². The Morgan fingerprint density at radius 2 is 1.86 bits per heavy atom. The zero-order valence-corrected chi connectivity index (χ0v) is 12.1. The van der Waals surface area contributed by atoms with E-state index in [-0.39, 0.29) is 11.6 Å². The lowest BCUT2D eigenvalue weighted by molar-refractivity contribution is 0.0947. The van der Waals surface area contributed by atoms with E-state index < -0.39 is 5.69 Å². The van der Waals surface area contributed by atoms with E-state index in [9.17, 15) is 9.59 Å². The molecule has 5 heteroatoms. The molecule has 0 aliphatic carbocycles. The van der Waals surface area contributed by atoms with Crippen LogP contribution in [0.5, 0.6) is 0 Å². The molecule has 0 fully saturated rings. The van der Waals surface area contributed by atoms with Gasteiger partial charge < -0.3 is 10.3 Å². The minimum absolute atomic E-state index is 0.145. The minimum Gasteiger partial charge on any atom is -0.347 e. The summed E-state index contributed by atoms with van der Waals surface area (Å²) >= 11 is 0. The van der Waals surface area contributed by atoms with Crippen LogP contribution in [0, 0.1) is 6.92 Å². The highest BCUT2D eigenvalue weighted by Crippen LogP contribution is 2.12. The van der Waals surface area contributed by atoms with E-state index in [2.05, 4.69) is 15.3 Å². The van der Waals surface area contributed by atoms with Crippen molar-refractivity contribution < 1.29 is 4.79 Å². The molecule has 1 aromatic heterocycles.